The Balaban J connectivity index is 1.37. The second-order valence-electron chi connectivity index (χ2n) is 10.0. The smallest absolute Gasteiger partial charge is 0.226 e. The summed E-state index contributed by atoms with van der Waals surface area (Å²) in [6.45, 7) is 3.84. The topological polar surface area (TPSA) is 73.6 Å². The molecular weight excluding hydrogens is 395 g/mol. The summed E-state index contributed by atoms with van der Waals surface area (Å²) < 4.78 is 23.9. The van der Waals surface area contributed by atoms with E-state index in [9.17, 15) is 9.18 Å². The van der Waals surface area contributed by atoms with Gasteiger partial charge in [0.05, 0.1) is 18.5 Å². The molecule has 0 spiro atoms. The van der Waals surface area contributed by atoms with Crippen LogP contribution in [0.4, 0.5) is 4.39 Å². The number of nitrogens with two attached hydrogens (primary N) is 1. The minimum absolute atomic E-state index is 0.152. The molecule has 4 fully saturated rings. The Morgan fingerprint density at radius 1 is 1.16 bits per heavy atom. The van der Waals surface area contributed by atoms with Crippen molar-refractivity contribution in [2.45, 2.75) is 69.2 Å². The number of nitrogens with one attached hydrogen (secondary N) is 1. The molecule has 31 heavy (non-hydrogen) atoms. The van der Waals surface area contributed by atoms with Crippen LogP contribution >= 0.6 is 0 Å². The molecule has 1 aromatic rings. The fourth-order valence-electron chi connectivity index (χ4n) is 5.61. The highest BCUT2D eigenvalue weighted by Crippen LogP contribution is 2.58. The van der Waals surface area contributed by atoms with Gasteiger partial charge in [0, 0.05) is 24.1 Å². The van der Waals surface area contributed by atoms with Crippen molar-refractivity contribution in [2.24, 2.45) is 11.1 Å². The van der Waals surface area contributed by atoms with E-state index in [0.717, 1.165) is 63.7 Å². The van der Waals surface area contributed by atoms with Crippen LogP contribution in [0.15, 0.2) is 36.2 Å². The number of amides is 1. The Kier molecular flexibility index (Phi) is 6.40. The molecular formula is C25H35FN2O3. The standard InChI is InChI=1S/C25H35FN2O3/c1-23(7-2-14-30-18-23)28-22(29)25-11-8-24(9-12-25,10-13-25)20-3-5-21(6-4-20)31-17-19(15-26)16-27/h3-6,15H,2,7-14,16-18,27H2,1H3,(H,28,29). The lowest BCUT2D eigenvalue weighted by atomic mass is 9.51. The lowest BCUT2D eigenvalue weighted by Gasteiger charge is -2.53. The molecule has 1 atom stereocenters. The number of hydrogen-bond donors (Lipinski definition) is 2. The van der Waals surface area contributed by atoms with Gasteiger partial charge in [0.2, 0.25) is 5.91 Å². The van der Waals surface area contributed by atoms with Crippen LogP contribution in [0.25, 0.3) is 0 Å². The number of ether oxygens (including phenoxy) is 2. The highest BCUT2D eigenvalue weighted by molar-refractivity contribution is 5.84. The monoisotopic (exact) mass is 430 g/mol. The minimum atomic E-state index is -0.229. The predicted octanol–water partition coefficient (Wildman–Crippen LogP) is 4.15. The summed E-state index contributed by atoms with van der Waals surface area (Å²) in [5, 5.41) is 3.35. The van der Waals surface area contributed by atoms with Gasteiger partial charge in [0.25, 0.3) is 0 Å². The van der Waals surface area contributed by atoms with Crippen molar-refractivity contribution in [1.82, 2.24) is 5.32 Å². The van der Waals surface area contributed by atoms with Gasteiger partial charge < -0.3 is 20.5 Å². The Bertz CT molecular complexity index is 790. The van der Waals surface area contributed by atoms with E-state index >= 15 is 0 Å². The molecule has 1 amide bonds. The van der Waals surface area contributed by atoms with Gasteiger partial charge in [-0.25, -0.2) is 4.39 Å². The summed E-state index contributed by atoms with van der Waals surface area (Å²) in [5.74, 6) is 0.949. The van der Waals surface area contributed by atoms with Gasteiger partial charge in [-0.3, -0.25) is 4.79 Å². The van der Waals surface area contributed by atoms with Crippen molar-refractivity contribution in [3.63, 3.8) is 0 Å². The molecule has 3 saturated carbocycles. The van der Waals surface area contributed by atoms with Crippen LogP contribution in [0, 0.1) is 5.41 Å². The molecule has 1 saturated heterocycles. The Labute approximate surface area is 184 Å². The maximum Gasteiger partial charge on any atom is 0.226 e. The van der Waals surface area contributed by atoms with E-state index in [2.05, 4.69) is 24.4 Å². The third-order valence-corrected chi connectivity index (χ3v) is 7.89. The first-order valence-electron chi connectivity index (χ1n) is 11.5. The SMILES string of the molecule is CC1(NC(=O)C23CCC(c4ccc(OCC(=CF)CN)cc4)(CC2)CC3)CCCOC1. The Hall–Kier alpha value is -1.92. The minimum Gasteiger partial charge on any atom is -0.489 e. The van der Waals surface area contributed by atoms with Crippen LogP contribution in [0.2, 0.25) is 0 Å². The van der Waals surface area contributed by atoms with Gasteiger partial charge in [0.15, 0.2) is 0 Å². The summed E-state index contributed by atoms with van der Waals surface area (Å²) in [4.78, 5) is 13.3. The van der Waals surface area contributed by atoms with Gasteiger partial charge in [-0.15, -0.1) is 0 Å². The number of benzene rings is 1. The normalized spacial score (nSPS) is 33.2. The summed E-state index contributed by atoms with van der Waals surface area (Å²) in [5.41, 5.74) is 6.94. The van der Waals surface area contributed by atoms with Gasteiger partial charge >= 0.3 is 0 Å². The maximum atomic E-state index is 13.3. The summed E-state index contributed by atoms with van der Waals surface area (Å²) in [7, 11) is 0. The zero-order valence-electron chi connectivity index (χ0n) is 18.6. The second kappa shape index (κ2) is 8.91. The van der Waals surface area contributed by atoms with E-state index in [-0.39, 0.29) is 35.4 Å². The molecule has 0 radical (unpaired) electrons. The predicted molar refractivity (Wildman–Crippen MR) is 119 cm³/mol. The lowest BCUT2D eigenvalue weighted by molar-refractivity contribution is -0.141. The number of rotatable bonds is 7. The molecule has 5 rings (SSSR count). The third-order valence-electron chi connectivity index (χ3n) is 7.89. The summed E-state index contributed by atoms with van der Waals surface area (Å²) in [6.07, 6.45) is 8.44. The second-order valence-corrected chi connectivity index (χ2v) is 10.0. The van der Waals surface area contributed by atoms with Crippen LogP contribution in [-0.2, 0) is 14.9 Å². The van der Waals surface area contributed by atoms with Crippen molar-refractivity contribution in [1.29, 1.82) is 0 Å². The molecule has 1 unspecified atom stereocenters. The Morgan fingerprint density at radius 2 is 1.84 bits per heavy atom. The molecule has 0 aromatic heterocycles. The zero-order chi connectivity index (χ0) is 22.0. The van der Waals surface area contributed by atoms with Crippen LogP contribution < -0.4 is 15.8 Å². The molecule has 3 N–H and O–H groups in total. The first-order chi connectivity index (χ1) is 14.9. The van der Waals surface area contributed by atoms with Crippen LogP contribution in [0.3, 0.4) is 0 Å². The highest BCUT2D eigenvalue weighted by Gasteiger charge is 2.53. The highest BCUT2D eigenvalue weighted by atomic mass is 19.1. The molecule has 170 valence electrons. The quantitative estimate of drug-likeness (QED) is 0.681. The van der Waals surface area contributed by atoms with E-state index in [1.807, 2.05) is 12.1 Å². The maximum absolute atomic E-state index is 13.3. The summed E-state index contributed by atoms with van der Waals surface area (Å²) in [6, 6.07) is 8.19. The molecule has 5 nitrogen and oxygen atoms in total. The molecule has 3 aliphatic carbocycles. The first kappa shape index (κ1) is 22.3. The summed E-state index contributed by atoms with van der Waals surface area (Å²) >= 11 is 0. The van der Waals surface area contributed by atoms with Crippen molar-refractivity contribution in [3.8, 4) is 5.75 Å². The lowest BCUT2D eigenvalue weighted by Crippen LogP contribution is -2.58. The van der Waals surface area contributed by atoms with Crippen molar-refractivity contribution in [3.05, 3.63) is 41.7 Å². The first-order valence-corrected chi connectivity index (χ1v) is 11.5. The van der Waals surface area contributed by atoms with Crippen molar-refractivity contribution >= 4 is 5.91 Å². The number of fused-ring (bicyclic) bond motifs is 3. The number of halogens is 1. The fraction of sp³-hybridized carbons (Fsp3) is 0.640. The van der Waals surface area contributed by atoms with Crippen LogP contribution in [0.5, 0.6) is 5.75 Å². The third kappa shape index (κ3) is 4.51. The van der Waals surface area contributed by atoms with Crippen molar-refractivity contribution < 1.29 is 18.7 Å². The van der Waals surface area contributed by atoms with E-state index in [1.54, 1.807) is 0 Å². The van der Waals surface area contributed by atoms with Crippen molar-refractivity contribution in [2.75, 3.05) is 26.4 Å². The number of hydrogen-bond acceptors (Lipinski definition) is 4. The number of carbonyl (C=O) groups excluding carboxylic acids is 1. The van der Waals surface area contributed by atoms with Gasteiger partial charge in [-0.2, -0.15) is 0 Å². The molecule has 1 aromatic carbocycles. The van der Waals surface area contributed by atoms with Gasteiger partial charge in [-0.05, 0) is 81.4 Å². The fourth-order valence-corrected chi connectivity index (χ4v) is 5.61. The average Bonchev–Trinajstić information content (AvgIpc) is 2.81. The molecule has 2 bridgehead atoms. The van der Waals surface area contributed by atoms with Gasteiger partial charge in [-0.1, -0.05) is 12.1 Å². The van der Waals surface area contributed by atoms with Crippen LogP contribution in [-0.4, -0.2) is 37.8 Å². The Morgan fingerprint density at radius 3 is 2.39 bits per heavy atom. The van der Waals surface area contributed by atoms with Crippen LogP contribution in [0.1, 0.15) is 63.9 Å². The van der Waals surface area contributed by atoms with E-state index < -0.39 is 0 Å². The molecule has 4 aliphatic rings. The largest absolute Gasteiger partial charge is 0.489 e. The van der Waals surface area contributed by atoms with E-state index in [1.165, 1.54) is 5.56 Å². The zero-order valence-corrected chi connectivity index (χ0v) is 18.6. The van der Waals surface area contributed by atoms with E-state index in [4.69, 9.17) is 15.2 Å². The molecule has 1 aliphatic heterocycles. The average molecular weight is 431 g/mol. The van der Waals surface area contributed by atoms with Gasteiger partial charge in [0.1, 0.15) is 12.4 Å². The molecule has 6 heteroatoms. The molecule has 1 heterocycles. The number of carbonyl (C=O) groups is 1. The van der Waals surface area contributed by atoms with E-state index in [0.29, 0.717) is 18.5 Å².